The molecule has 0 saturated heterocycles. The first-order chi connectivity index (χ1) is 10.5. The molecule has 2 aromatic rings. The fourth-order valence-electron chi connectivity index (χ4n) is 2.14. The van der Waals surface area contributed by atoms with E-state index in [0.29, 0.717) is 23.4 Å². The number of aliphatic carboxylic acids is 1. The molecule has 5 nitrogen and oxygen atoms in total. The minimum absolute atomic E-state index is 0.384. The summed E-state index contributed by atoms with van der Waals surface area (Å²) in [5, 5.41) is 12.5. The predicted octanol–water partition coefficient (Wildman–Crippen LogP) is 3.10. The molecule has 1 atom stereocenters. The number of aryl methyl sites for hydroxylation is 1. The summed E-state index contributed by atoms with van der Waals surface area (Å²) in [4.78, 5) is 28.5. The molecule has 1 amide bonds. The molecule has 1 aromatic heterocycles. The van der Waals surface area contributed by atoms with Crippen molar-refractivity contribution in [2.24, 2.45) is 0 Å². The number of hydrogen-bond acceptors (Lipinski definition) is 4. The molecule has 2 rings (SSSR count). The number of rotatable bonds is 6. The molecule has 1 aromatic carbocycles. The monoisotopic (exact) mass is 318 g/mol. The maximum Gasteiger partial charge on any atom is 0.326 e. The second-order valence-electron chi connectivity index (χ2n) is 4.93. The van der Waals surface area contributed by atoms with Crippen molar-refractivity contribution in [3.8, 4) is 11.3 Å². The van der Waals surface area contributed by atoms with Gasteiger partial charge < -0.3 is 10.4 Å². The Morgan fingerprint density at radius 3 is 2.59 bits per heavy atom. The van der Waals surface area contributed by atoms with E-state index in [-0.39, 0.29) is 5.91 Å². The van der Waals surface area contributed by atoms with Gasteiger partial charge in [0.1, 0.15) is 10.9 Å². The van der Waals surface area contributed by atoms with Crippen molar-refractivity contribution in [2.75, 3.05) is 0 Å². The number of carbonyl (C=O) groups excluding carboxylic acids is 1. The smallest absolute Gasteiger partial charge is 0.326 e. The third-order valence-corrected chi connectivity index (χ3v) is 4.14. The standard InChI is InChI=1S/C16H18N2O3S/c1-3-7-12(16(20)21)18-15(19)14-13(17-10(2)22-14)11-8-5-4-6-9-11/h4-6,8-9,12H,3,7H2,1-2H3,(H,18,19)(H,20,21). The molecular formula is C16H18N2O3S. The van der Waals surface area contributed by atoms with E-state index in [2.05, 4.69) is 10.3 Å². The summed E-state index contributed by atoms with van der Waals surface area (Å²) in [7, 11) is 0. The molecular weight excluding hydrogens is 300 g/mol. The number of thiazole rings is 1. The zero-order chi connectivity index (χ0) is 16.1. The van der Waals surface area contributed by atoms with Crippen LogP contribution in [-0.2, 0) is 4.79 Å². The van der Waals surface area contributed by atoms with Gasteiger partial charge in [0, 0.05) is 5.56 Å². The summed E-state index contributed by atoms with van der Waals surface area (Å²) in [5.41, 5.74) is 1.45. The van der Waals surface area contributed by atoms with Gasteiger partial charge in [0.25, 0.3) is 5.91 Å². The molecule has 0 fully saturated rings. The van der Waals surface area contributed by atoms with Crippen molar-refractivity contribution in [1.82, 2.24) is 10.3 Å². The number of aromatic nitrogens is 1. The Bertz CT molecular complexity index is 667. The lowest BCUT2D eigenvalue weighted by atomic mass is 10.1. The molecule has 116 valence electrons. The average Bonchev–Trinajstić information content (AvgIpc) is 2.89. The van der Waals surface area contributed by atoms with E-state index < -0.39 is 12.0 Å². The molecule has 0 aliphatic carbocycles. The maximum absolute atomic E-state index is 12.4. The Morgan fingerprint density at radius 2 is 2.00 bits per heavy atom. The zero-order valence-corrected chi connectivity index (χ0v) is 13.3. The molecule has 2 N–H and O–H groups in total. The fourth-order valence-corrected chi connectivity index (χ4v) is 2.99. The first kappa shape index (κ1) is 16.2. The van der Waals surface area contributed by atoms with Gasteiger partial charge in [-0.05, 0) is 13.3 Å². The van der Waals surface area contributed by atoms with Gasteiger partial charge in [0.2, 0.25) is 0 Å². The van der Waals surface area contributed by atoms with E-state index in [1.165, 1.54) is 11.3 Å². The average molecular weight is 318 g/mol. The number of amides is 1. The van der Waals surface area contributed by atoms with Crippen LogP contribution in [0.4, 0.5) is 0 Å². The summed E-state index contributed by atoms with van der Waals surface area (Å²) in [6, 6.07) is 8.54. The van der Waals surface area contributed by atoms with E-state index in [4.69, 9.17) is 5.11 Å². The molecule has 0 spiro atoms. The molecule has 0 radical (unpaired) electrons. The number of nitrogens with zero attached hydrogens (tertiary/aromatic N) is 1. The fraction of sp³-hybridized carbons (Fsp3) is 0.312. The number of carbonyl (C=O) groups is 2. The van der Waals surface area contributed by atoms with Crippen LogP contribution in [0.3, 0.4) is 0 Å². The number of hydrogen-bond donors (Lipinski definition) is 2. The Labute approximate surface area is 133 Å². The largest absolute Gasteiger partial charge is 0.480 e. The summed E-state index contributed by atoms with van der Waals surface area (Å²) in [6.07, 6.45) is 1.09. The summed E-state index contributed by atoms with van der Waals surface area (Å²) < 4.78 is 0. The Balaban J connectivity index is 2.29. The molecule has 1 unspecified atom stereocenters. The SMILES string of the molecule is CCCC(NC(=O)c1sc(C)nc1-c1ccccc1)C(=O)O. The van der Waals surface area contributed by atoms with E-state index in [0.717, 1.165) is 10.6 Å². The minimum Gasteiger partial charge on any atom is -0.480 e. The second kappa shape index (κ2) is 7.17. The second-order valence-corrected chi connectivity index (χ2v) is 6.13. The third-order valence-electron chi connectivity index (χ3n) is 3.17. The van der Waals surface area contributed by atoms with Gasteiger partial charge in [-0.25, -0.2) is 9.78 Å². The topological polar surface area (TPSA) is 79.3 Å². The van der Waals surface area contributed by atoms with Crippen molar-refractivity contribution < 1.29 is 14.7 Å². The first-order valence-corrected chi connectivity index (χ1v) is 7.91. The normalized spacial score (nSPS) is 11.9. The number of carboxylic acids is 1. The van der Waals surface area contributed by atoms with Crippen LogP contribution >= 0.6 is 11.3 Å². The van der Waals surface area contributed by atoms with Crippen molar-refractivity contribution in [3.05, 3.63) is 40.2 Å². The molecule has 0 aliphatic heterocycles. The van der Waals surface area contributed by atoms with Gasteiger partial charge in [-0.1, -0.05) is 43.7 Å². The lowest BCUT2D eigenvalue weighted by molar-refractivity contribution is -0.139. The van der Waals surface area contributed by atoms with E-state index in [1.807, 2.05) is 44.2 Å². The van der Waals surface area contributed by atoms with Crippen LogP contribution in [0.2, 0.25) is 0 Å². The highest BCUT2D eigenvalue weighted by Crippen LogP contribution is 2.28. The summed E-state index contributed by atoms with van der Waals surface area (Å²) in [6.45, 7) is 3.71. The Hall–Kier alpha value is -2.21. The van der Waals surface area contributed by atoms with Gasteiger partial charge in [-0.2, -0.15) is 0 Å². The van der Waals surface area contributed by atoms with Crippen molar-refractivity contribution in [1.29, 1.82) is 0 Å². The molecule has 0 bridgehead atoms. The highest BCUT2D eigenvalue weighted by atomic mass is 32.1. The van der Waals surface area contributed by atoms with Crippen LogP contribution in [0.25, 0.3) is 11.3 Å². The van der Waals surface area contributed by atoms with Crippen LogP contribution < -0.4 is 5.32 Å². The molecule has 6 heteroatoms. The minimum atomic E-state index is -1.02. The number of carboxylic acid groups (broad SMARTS) is 1. The maximum atomic E-state index is 12.4. The van der Waals surface area contributed by atoms with Crippen LogP contribution in [-0.4, -0.2) is 28.0 Å². The van der Waals surface area contributed by atoms with Crippen LogP contribution in [0, 0.1) is 6.92 Å². The molecule has 0 aliphatic rings. The van der Waals surface area contributed by atoms with E-state index in [1.54, 1.807) is 0 Å². The van der Waals surface area contributed by atoms with Gasteiger partial charge in [0.05, 0.1) is 10.7 Å². The Morgan fingerprint density at radius 1 is 1.32 bits per heavy atom. The van der Waals surface area contributed by atoms with Gasteiger partial charge in [-0.15, -0.1) is 11.3 Å². The van der Waals surface area contributed by atoms with Crippen molar-refractivity contribution >= 4 is 23.2 Å². The Kier molecular flexibility index (Phi) is 5.27. The molecule has 1 heterocycles. The lowest BCUT2D eigenvalue weighted by Gasteiger charge is -2.13. The lowest BCUT2D eigenvalue weighted by Crippen LogP contribution is -2.40. The third kappa shape index (κ3) is 3.71. The molecule has 0 saturated carbocycles. The van der Waals surface area contributed by atoms with Crippen LogP contribution in [0.1, 0.15) is 34.4 Å². The number of nitrogens with one attached hydrogen (secondary N) is 1. The van der Waals surface area contributed by atoms with E-state index in [9.17, 15) is 9.59 Å². The van der Waals surface area contributed by atoms with Gasteiger partial charge >= 0.3 is 5.97 Å². The molecule has 22 heavy (non-hydrogen) atoms. The highest BCUT2D eigenvalue weighted by Gasteiger charge is 2.23. The highest BCUT2D eigenvalue weighted by molar-refractivity contribution is 7.14. The van der Waals surface area contributed by atoms with Crippen molar-refractivity contribution in [3.63, 3.8) is 0 Å². The first-order valence-electron chi connectivity index (χ1n) is 7.09. The van der Waals surface area contributed by atoms with Crippen LogP contribution in [0.15, 0.2) is 30.3 Å². The van der Waals surface area contributed by atoms with Crippen molar-refractivity contribution in [2.45, 2.75) is 32.7 Å². The zero-order valence-electron chi connectivity index (χ0n) is 12.5. The predicted molar refractivity (Wildman–Crippen MR) is 86.1 cm³/mol. The van der Waals surface area contributed by atoms with E-state index >= 15 is 0 Å². The number of benzene rings is 1. The van der Waals surface area contributed by atoms with Crippen LogP contribution in [0.5, 0.6) is 0 Å². The summed E-state index contributed by atoms with van der Waals surface area (Å²) >= 11 is 1.27. The summed E-state index contributed by atoms with van der Waals surface area (Å²) in [5.74, 6) is -1.40. The quantitative estimate of drug-likeness (QED) is 0.857. The van der Waals surface area contributed by atoms with Gasteiger partial charge in [0.15, 0.2) is 0 Å². The van der Waals surface area contributed by atoms with Gasteiger partial charge in [-0.3, -0.25) is 4.79 Å².